The maximum Gasteiger partial charge on any atom is 0.255 e. The van der Waals surface area contributed by atoms with Crippen LogP contribution < -0.4 is 15.4 Å². The summed E-state index contributed by atoms with van der Waals surface area (Å²) in [4.78, 5) is 38.0. The van der Waals surface area contributed by atoms with Crippen LogP contribution in [0, 0.1) is 5.92 Å². The molecule has 142 valence electrons. The minimum absolute atomic E-state index is 0.00139. The molecule has 1 aromatic rings. The van der Waals surface area contributed by atoms with Crippen molar-refractivity contribution in [3.8, 4) is 5.75 Å². The Balaban J connectivity index is 1.78. The van der Waals surface area contributed by atoms with Crippen molar-refractivity contribution in [2.75, 3.05) is 26.7 Å². The molecule has 7 nitrogen and oxygen atoms in total. The van der Waals surface area contributed by atoms with Crippen molar-refractivity contribution in [2.45, 2.75) is 26.3 Å². The zero-order chi connectivity index (χ0) is 19.3. The van der Waals surface area contributed by atoms with Crippen LogP contribution in [-0.2, 0) is 9.59 Å². The number of methoxy groups -OCH3 is 1. The van der Waals surface area contributed by atoms with Gasteiger partial charge in [-0.05, 0) is 32.0 Å². The molecule has 0 radical (unpaired) electrons. The Morgan fingerprint density at radius 2 is 2.00 bits per heavy atom. The lowest BCUT2D eigenvalue weighted by Gasteiger charge is -2.20. The third-order valence-electron chi connectivity index (χ3n) is 4.27. The lowest BCUT2D eigenvalue weighted by Crippen LogP contribution is -2.39. The predicted molar refractivity (Wildman–Crippen MR) is 98.3 cm³/mol. The smallest absolute Gasteiger partial charge is 0.255 e. The van der Waals surface area contributed by atoms with Crippen LogP contribution >= 0.6 is 11.6 Å². The zero-order valence-corrected chi connectivity index (χ0v) is 15.9. The van der Waals surface area contributed by atoms with E-state index in [0.29, 0.717) is 22.9 Å². The first-order valence-corrected chi connectivity index (χ1v) is 8.90. The third kappa shape index (κ3) is 4.88. The average molecular weight is 382 g/mol. The van der Waals surface area contributed by atoms with E-state index in [9.17, 15) is 14.4 Å². The van der Waals surface area contributed by atoms with Crippen LogP contribution in [0.25, 0.3) is 0 Å². The monoisotopic (exact) mass is 381 g/mol. The van der Waals surface area contributed by atoms with E-state index in [2.05, 4.69) is 10.6 Å². The van der Waals surface area contributed by atoms with Gasteiger partial charge in [-0.3, -0.25) is 14.4 Å². The second kappa shape index (κ2) is 8.89. The topological polar surface area (TPSA) is 87.7 Å². The summed E-state index contributed by atoms with van der Waals surface area (Å²) in [5.41, 5.74) is 0.334. The highest BCUT2D eigenvalue weighted by Gasteiger charge is 2.35. The first kappa shape index (κ1) is 20.0. The Morgan fingerprint density at radius 3 is 2.62 bits per heavy atom. The van der Waals surface area contributed by atoms with Crippen LogP contribution in [0.5, 0.6) is 5.75 Å². The van der Waals surface area contributed by atoms with Gasteiger partial charge in [0.15, 0.2) is 0 Å². The van der Waals surface area contributed by atoms with Gasteiger partial charge in [-0.1, -0.05) is 11.6 Å². The number of ether oxygens (including phenoxy) is 1. The molecular weight excluding hydrogens is 358 g/mol. The number of rotatable bonds is 7. The summed E-state index contributed by atoms with van der Waals surface area (Å²) in [7, 11) is 1.48. The van der Waals surface area contributed by atoms with Crippen molar-refractivity contribution < 1.29 is 19.1 Å². The molecular formula is C18H24ClN3O4. The molecule has 0 saturated carbocycles. The van der Waals surface area contributed by atoms with E-state index < -0.39 is 0 Å². The lowest BCUT2D eigenvalue weighted by molar-refractivity contribution is -0.129. The van der Waals surface area contributed by atoms with Gasteiger partial charge in [0.05, 0.1) is 18.6 Å². The summed E-state index contributed by atoms with van der Waals surface area (Å²) in [5.74, 6) is -0.416. The fraction of sp³-hybridized carbons (Fsp3) is 0.500. The highest BCUT2D eigenvalue weighted by molar-refractivity contribution is 6.31. The molecule has 1 aliphatic heterocycles. The van der Waals surface area contributed by atoms with E-state index in [-0.39, 0.29) is 49.2 Å². The van der Waals surface area contributed by atoms with E-state index in [0.717, 1.165) is 0 Å². The fourth-order valence-electron chi connectivity index (χ4n) is 2.87. The molecule has 1 atom stereocenters. The molecule has 8 heteroatoms. The zero-order valence-electron chi connectivity index (χ0n) is 15.2. The van der Waals surface area contributed by atoms with Crippen LogP contribution in [-0.4, -0.2) is 55.4 Å². The maximum atomic E-state index is 12.2. The first-order chi connectivity index (χ1) is 12.3. The van der Waals surface area contributed by atoms with E-state index in [1.807, 2.05) is 13.8 Å². The fourth-order valence-corrected chi connectivity index (χ4v) is 3.04. The average Bonchev–Trinajstić information content (AvgIpc) is 3.00. The minimum atomic E-state index is -0.339. The number of nitrogens with zero attached hydrogens (tertiary/aromatic N) is 1. The normalized spacial score (nSPS) is 16.7. The molecule has 1 saturated heterocycles. The number of halogens is 1. The van der Waals surface area contributed by atoms with E-state index in [1.54, 1.807) is 17.0 Å². The molecule has 1 aliphatic rings. The Labute approximate surface area is 158 Å². The van der Waals surface area contributed by atoms with Crippen molar-refractivity contribution in [1.29, 1.82) is 0 Å². The van der Waals surface area contributed by atoms with Crippen molar-refractivity contribution in [3.63, 3.8) is 0 Å². The van der Waals surface area contributed by atoms with Gasteiger partial charge in [-0.25, -0.2) is 0 Å². The molecule has 3 amide bonds. The van der Waals surface area contributed by atoms with Crippen LogP contribution in [0.15, 0.2) is 18.2 Å². The van der Waals surface area contributed by atoms with Gasteiger partial charge in [0.25, 0.3) is 5.91 Å². The quantitative estimate of drug-likeness (QED) is 0.700. The number of likely N-dealkylation sites (tertiary alicyclic amines) is 1. The number of benzene rings is 1. The highest BCUT2D eigenvalue weighted by Crippen LogP contribution is 2.22. The van der Waals surface area contributed by atoms with Crippen LogP contribution in [0.4, 0.5) is 0 Å². The maximum absolute atomic E-state index is 12.2. The molecule has 0 aliphatic carbocycles. The lowest BCUT2D eigenvalue weighted by atomic mass is 10.1. The van der Waals surface area contributed by atoms with Crippen LogP contribution in [0.2, 0.25) is 5.02 Å². The van der Waals surface area contributed by atoms with Crippen LogP contribution in [0.1, 0.15) is 30.6 Å². The number of hydrogen-bond donors (Lipinski definition) is 2. The molecule has 2 N–H and O–H groups in total. The molecule has 1 aromatic carbocycles. The molecule has 2 rings (SSSR count). The van der Waals surface area contributed by atoms with Gasteiger partial charge < -0.3 is 20.3 Å². The number of amides is 3. The Morgan fingerprint density at radius 1 is 1.31 bits per heavy atom. The molecule has 1 unspecified atom stereocenters. The van der Waals surface area contributed by atoms with Gasteiger partial charge in [-0.2, -0.15) is 0 Å². The summed E-state index contributed by atoms with van der Waals surface area (Å²) in [6, 6.07) is 4.88. The first-order valence-electron chi connectivity index (χ1n) is 8.52. The van der Waals surface area contributed by atoms with Gasteiger partial charge in [0.2, 0.25) is 11.8 Å². The summed E-state index contributed by atoms with van der Waals surface area (Å²) >= 11 is 5.92. The number of hydrogen-bond acceptors (Lipinski definition) is 4. The Hall–Kier alpha value is -2.28. The second-order valence-electron chi connectivity index (χ2n) is 6.43. The molecule has 0 bridgehead atoms. The van der Waals surface area contributed by atoms with Gasteiger partial charge >= 0.3 is 0 Å². The second-order valence-corrected chi connectivity index (χ2v) is 6.87. The van der Waals surface area contributed by atoms with Crippen molar-refractivity contribution in [1.82, 2.24) is 15.5 Å². The van der Waals surface area contributed by atoms with E-state index in [1.165, 1.54) is 13.2 Å². The highest BCUT2D eigenvalue weighted by atomic mass is 35.5. The summed E-state index contributed by atoms with van der Waals surface area (Å²) in [6.07, 6.45) is 0.232. The number of carbonyl (C=O) groups is 3. The molecule has 26 heavy (non-hydrogen) atoms. The van der Waals surface area contributed by atoms with Gasteiger partial charge in [-0.15, -0.1) is 0 Å². The Kier molecular flexibility index (Phi) is 6.85. The SMILES string of the molecule is COc1ccc(Cl)cc1C(=O)NCCNC(=O)C1CC(=O)N(C(C)C)C1. The number of nitrogens with one attached hydrogen (secondary N) is 2. The van der Waals surface area contributed by atoms with Gasteiger partial charge in [0, 0.05) is 37.1 Å². The number of carbonyl (C=O) groups excluding carboxylic acids is 3. The molecule has 1 fully saturated rings. The summed E-state index contributed by atoms with van der Waals surface area (Å²) in [5, 5.41) is 5.91. The largest absolute Gasteiger partial charge is 0.496 e. The van der Waals surface area contributed by atoms with Crippen molar-refractivity contribution in [2.24, 2.45) is 5.92 Å². The molecule has 0 spiro atoms. The van der Waals surface area contributed by atoms with Crippen molar-refractivity contribution >= 4 is 29.3 Å². The molecule has 0 aromatic heterocycles. The van der Waals surface area contributed by atoms with Crippen LogP contribution in [0.3, 0.4) is 0 Å². The minimum Gasteiger partial charge on any atom is -0.496 e. The van der Waals surface area contributed by atoms with E-state index >= 15 is 0 Å². The predicted octanol–water partition coefficient (Wildman–Crippen LogP) is 1.45. The summed E-state index contributed by atoms with van der Waals surface area (Å²) in [6.45, 7) is 4.83. The van der Waals surface area contributed by atoms with Gasteiger partial charge in [0.1, 0.15) is 5.75 Å². The summed E-state index contributed by atoms with van der Waals surface area (Å²) < 4.78 is 5.15. The van der Waals surface area contributed by atoms with Crippen molar-refractivity contribution in [3.05, 3.63) is 28.8 Å². The third-order valence-corrected chi connectivity index (χ3v) is 4.50. The Bertz CT molecular complexity index is 693. The van der Waals surface area contributed by atoms with E-state index in [4.69, 9.17) is 16.3 Å². The standard InChI is InChI=1S/C18H24ClN3O4/c1-11(2)22-10-12(8-16(22)23)17(24)20-6-7-21-18(25)14-9-13(19)4-5-15(14)26-3/h4-5,9,11-12H,6-8,10H2,1-3H3,(H,20,24)(H,21,25). The molecule has 1 heterocycles.